The third-order valence-corrected chi connectivity index (χ3v) is 3.55. The van der Waals surface area contributed by atoms with Gasteiger partial charge in [-0.15, -0.1) is 31.4 Å². The third kappa shape index (κ3) is 4.85. The Balaban J connectivity index is 0.00000200. The Labute approximate surface area is 138 Å². The molecule has 0 aromatic heterocycles. The Morgan fingerprint density at radius 2 is 2.05 bits per heavy atom. The number of benzene rings is 1. The molecule has 0 spiro atoms. The van der Waals surface area contributed by atoms with E-state index in [1.54, 1.807) is 6.07 Å². The highest BCUT2D eigenvalue weighted by molar-refractivity contribution is 5.85. The molecule has 1 fully saturated rings. The van der Waals surface area contributed by atoms with Crippen molar-refractivity contribution in [2.24, 2.45) is 0 Å². The van der Waals surface area contributed by atoms with E-state index < -0.39 is 0 Å². The molecule has 2 rings (SSSR count). The van der Waals surface area contributed by atoms with Gasteiger partial charge in [0.05, 0.1) is 7.11 Å². The SMILES string of the molecule is C=CC[C@H](c1cccc(OC)c1F)N1CCNCC1.Cl.Cl. The normalized spacial score (nSPS) is 16.3. The van der Waals surface area contributed by atoms with E-state index >= 15 is 0 Å². The smallest absolute Gasteiger partial charge is 0.169 e. The van der Waals surface area contributed by atoms with Gasteiger partial charge in [0.2, 0.25) is 0 Å². The van der Waals surface area contributed by atoms with Gasteiger partial charge in [-0.2, -0.15) is 0 Å². The molecule has 21 heavy (non-hydrogen) atoms. The Morgan fingerprint density at radius 1 is 1.38 bits per heavy atom. The topological polar surface area (TPSA) is 24.5 Å². The summed E-state index contributed by atoms with van der Waals surface area (Å²) in [5, 5.41) is 3.31. The van der Waals surface area contributed by atoms with Crippen LogP contribution in [0.15, 0.2) is 30.9 Å². The molecule has 0 saturated carbocycles. The Morgan fingerprint density at radius 3 is 2.62 bits per heavy atom. The molecule has 1 aromatic carbocycles. The van der Waals surface area contributed by atoms with Crippen LogP contribution in [0.4, 0.5) is 4.39 Å². The molecule has 0 aliphatic carbocycles. The van der Waals surface area contributed by atoms with Crippen molar-refractivity contribution >= 4 is 24.8 Å². The van der Waals surface area contributed by atoms with E-state index in [-0.39, 0.29) is 36.7 Å². The highest BCUT2D eigenvalue weighted by atomic mass is 35.5. The van der Waals surface area contributed by atoms with E-state index in [1.807, 2.05) is 18.2 Å². The summed E-state index contributed by atoms with van der Waals surface area (Å²) in [6.45, 7) is 7.54. The predicted octanol–water partition coefficient (Wildman–Crippen LogP) is 3.20. The molecule has 1 N–H and O–H groups in total. The number of nitrogens with one attached hydrogen (secondary N) is 1. The number of piperazine rings is 1. The van der Waals surface area contributed by atoms with Crippen LogP contribution >= 0.6 is 24.8 Å². The molecular weight excluding hydrogens is 314 g/mol. The summed E-state index contributed by atoms with van der Waals surface area (Å²) in [5.41, 5.74) is 0.696. The summed E-state index contributed by atoms with van der Waals surface area (Å²) in [5.74, 6) is 0.0529. The van der Waals surface area contributed by atoms with Gasteiger partial charge in [0.25, 0.3) is 0 Å². The van der Waals surface area contributed by atoms with Crippen LogP contribution in [0.5, 0.6) is 5.75 Å². The summed E-state index contributed by atoms with van der Waals surface area (Å²) in [6.07, 6.45) is 2.59. The predicted molar refractivity (Wildman–Crippen MR) is 89.4 cm³/mol. The molecule has 1 aromatic rings. The number of nitrogens with zero attached hydrogens (tertiary/aromatic N) is 1. The summed E-state index contributed by atoms with van der Waals surface area (Å²) in [7, 11) is 1.50. The minimum Gasteiger partial charge on any atom is -0.494 e. The van der Waals surface area contributed by atoms with Gasteiger partial charge in [-0.05, 0) is 12.5 Å². The Hall–Kier alpha value is -0.810. The van der Waals surface area contributed by atoms with Gasteiger partial charge >= 0.3 is 0 Å². The fraction of sp³-hybridized carbons (Fsp3) is 0.467. The molecule has 1 saturated heterocycles. The van der Waals surface area contributed by atoms with Crippen LogP contribution in [-0.2, 0) is 0 Å². The van der Waals surface area contributed by atoms with Gasteiger partial charge in [-0.1, -0.05) is 18.2 Å². The van der Waals surface area contributed by atoms with E-state index in [4.69, 9.17) is 4.74 Å². The monoisotopic (exact) mass is 336 g/mol. The molecule has 0 bridgehead atoms. The van der Waals surface area contributed by atoms with Crippen LogP contribution in [0.2, 0.25) is 0 Å². The maximum Gasteiger partial charge on any atom is 0.169 e. The number of hydrogen-bond acceptors (Lipinski definition) is 3. The first kappa shape index (κ1) is 20.2. The lowest BCUT2D eigenvalue weighted by atomic mass is 10.00. The quantitative estimate of drug-likeness (QED) is 0.835. The van der Waals surface area contributed by atoms with Crippen molar-refractivity contribution in [3.05, 3.63) is 42.2 Å². The highest BCUT2D eigenvalue weighted by Gasteiger charge is 2.24. The summed E-state index contributed by atoms with van der Waals surface area (Å²) >= 11 is 0. The van der Waals surface area contributed by atoms with Crippen LogP contribution in [0, 0.1) is 5.82 Å². The van der Waals surface area contributed by atoms with Gasteiger partial charge in [-0.25, -0.2) is 4.39 Å². The average Bonchev–Trinajstić information content (AvgIpc) is 2.46. The lowest BCUT2D eigenvalue weighted by Gasteiger charge is -2.35. The van der Waals surface area contributed by atoms with E-state index in [2.05, 4.69) is 16.8 Å². The number of methoxy groups -OCH3 is 1. The first-order valence-electron chi connectivity index (χ1n) is 6.66. The largest absolute Gasteiger partial charge is 0.494 e. The first-order valence-corrected chi connectivity index (χ1v) is 6.66. The maximum atomic E-state index is 14.4. The second-order valence-electron chi connectivity index (χ2n) is 4.69. The fourth-order valence-electron chi connectivity index (χ4n) is 2.57. The van der Waals surface area contributed by atoms with E-state index in [0.717, 1.165) is 32.6 Å². The number of hydrogen-bond donors (Lipinski definition) is 1. The molecule has 1 atom stereocenters. The number of ether oxygens (including phenoxy) is 1. The summed E-state index contributed by atoms with van der Waals surface area (Å²) in [6, 6.07) is 5.38. The molecule has 0 radical (unpaired) electrons. The standard InChI is InChI=1S/C15H21FN2O.2ClH/c1-3-5-13(18-10-8-17-9-11-18)12-6-4-7-14(19-2)15(12)16;;/h3-4,6-7,13,17H,1,5,8-11H2,2H3;2*1H/t13-;;/m1../s1. The van der Waals surface area contributed by atoms with Gasteiger partial charge in [0.15, 0.2) is 11.6 Å². The van der Waals surface area contributed by atoms with Crippen LogP contribution in [0.1, 0.15) is 18.0 Å². The van der Waals surface area contributed by atoms with E-state index in [9.17, 15) is 4.39 Å². The van der Waals surface area contributed by atoms with Gasteiger partial charge in [-0.3, -0.25) is 4.90 Å². The van der Waals surface area contributed by atoms with Gasteiger partial charge < -0.3 is 10.1 Å². The molecule has 120 valence electrons. The zero-order valence-corrected chi connectivity index (χ0v) is 13.8. The van der Waals surface area contributed by atoms with Crippen LogP contribution in [0.3, 0.4) is 0 Å². The maximum absolute atomic E-state index is 14.4. The van der Waals surface area contributed by atoms with Crippen molar-refractivity contribution in [1.29, 1.82) is 0 Å². The second kappa shape index (κ2) is 10.0. The van der Waals surface area contributed by atoms with Crippen LogP contribution in [-0.4, -0.2) is 38.2 Å². The molecule has 1 heterocycles. The lowest BCUT2D eigenvalue weighted by molar-refractivity contribution is 0.170. The Bertz CT molecular complexity index is 440. The van der Waals surface area contributed by atoms with Gasteiger partial charge in [0.1, 0.15) is 0 Å². The molecule has 0 amide bonds. The van der Waals surface area contributed by atoms with Crippen molar-refractivity contribution in [3.8, 4) is 5.75 Å². The van der Waals surface area contributed by atoms with Crippen LogP contribution in [0.25, 0.3) is 0 Å². The summed E-state index contributed by atoms with van der Waals surface area (Å²) < 4.78 is 19.5. The zero-order chi connectivity index (χ0) is 13.7. The van der Waals surface area contributed by atoms with Crippen molar-refractivity contribution in [1.82, 2.24) is 10.2 Å². The molecule has 3 nitrogen and oxygen atoms in total. The number of halogens is 3. The molecule has 6 heteroatoms. The van der Waals surface area contributed by atoms with E-state index in [1.165, 1.54) is 7.11 Å². The Kier molecular flexibility index (Phi) is 9.62. The summed E-state index contributed by atoms with van der Waals surface area (Å²) in [4.78, 5) is 2.30. The van der Waals surface area contributed by atoms with Crippen LogP contribution < -0.4 is 10.1 Å². The van der Waals surface area contributed by atoms with Crippen molar-refractivity contribution in [2.75, 3.05) is 33.3 Å². The van der Waals surface area contributed by atoms with Crippen molar-refractivity contribution in [3.63, 3.8) is 0 Å². The molecule has 0 unspecified atom stereocenters. The lowest BCUT2D eigenvalue weighted by Crippen LogP contribution is -2.45. The highest BCUT2D eigenvalue weighted by Crippen LogP contribution is 2.31. The molecule has 1 aliphatic rings. The van der Waals surface area contributed by atoms with Crippen molar-refractivity contribution < 1.29 is 9.13 Å². The average molecular weight is 337 g/mol. The second-order valence-corrected chi connectivity index (χ2v) is 4.69. The zero-order valence-electron chi connectivity index (χ0n) is 12.2. The third-order valence-electron chi connectivity index (χ3n) is 3.55. The van der Waals surface area contributed by atoms with Gasteiger partial charge in [0, 0.05) is 37.8 Å². The first-order chi connectivity index (χ1) is 9.27. The van der Waals surface area contributed by atoms with E-state index in [0.29, 0.717) is 11.3 Å². The minimum atomic E-state index is -0.254. The number of rotatable bonds is 5. The fourth-order valence-corrected chi connectivity index (χ4v) is 2.57. The van der Waals surface area contributed by atoms with Crippen molar-refractivity contribution in [2.45, 2.75) is 12.5 Å². The minimum absolute atomic E-state index is 0. The molecule has 1 aliphatic heterocycles. The molecular formula is C15H23Cl2FN2O.